The summed E-state index contributed by atoms with van der Waals surface area (Å²) in [5.74, 6) is -0.797. The van der Waals surface area contributed by atoms with Crippen molar-refractivity contribution in [2.45, 2.75) is 18.9 Å². The molecule has 0 spiro atoms. The Morgan fingerprint density at radius 2 is 1.92 bits per heavy atom. The third-order valence-corrected chi connectivity index (χ3v) is 4.09. The van der Waals surface area contributed by atoms with Crippen molar-refractivity contribution in [3.05, 3.63) is 72.1 Å². The number of nitrogens with zero attached hydrogens (tertiary/aromatic N) is 2. The van der Waals surface area contributed by atoms with E-state index in [1.807, 2.05) is 6.92 Å². The number of hydrogen-bond acceptors (Lipinski definition) is 4. The molecule has 122 valence electrons. The Kier molecular flexibility index (Phi) is 4.03. The minimum atomic E-state index is -1.85. The van der Waals surface area contributed by atoms with Crippen molar-refractivity contribution < 1.29 is 14.7 Å². The Balaban J connectivity index is 1.98. The highest BCUT2D eigenvalue weighted by molar-refractivity contribution is 6.10. The van der Waals surface area contributed by atoms with E-state index in [0.717, 1.165) is 5.57 Å². The zero-order chi connectivity index (χ0) is 17.3. The zero-order valence-electron chi connectivity index (χ0n) is 13.4. The second-order valence-electron chi connectivity index (χ2n) is 6.06. The molecule has 24 heavy (non-hydrogen) atoms. The summed E-state index contributed by atoms with van der Waals surface area (Å²) in [6.07, 6.45) is 2.71. The number of anilines is 1. The molecule has 1 N–H and O–H groups in total. The van der Waals surface area contributed by atoms with Gasteiger partial charge in [-0.25, -0.2) is 0 Å². The van der Waals surface area contributed by atoms with E-state index in [2.05, 4.69) is 11.6 Å². The van der Waals surface area contributed by atoms with E-state index >= 15 is 0 Å². The van der Waals surface area contributed by atoms with Crippen LogP contribution in [0, 0.1) is 0 Å². The van der Waals surface area contributed by atoms with Gasteiger partial charge in [0.05, 0.1) is 12.1 Å². The van der Waals surface area contributed by atoms with E-state index in [4.69, 9.17) is 0 Å². The van der Waals surface area contributed by atoms with Gasteiger partial charge in [0, 0.05) is 30.1 Å². The van der Waals surface area contributed by atoms with Gasteiger partial charge in [-0.15, -0.1) is 0 Å². The van der Waals surface area contributed by atoms with Crippen LogP contribution in [0.5, 0.6) is 0 Å². The number of aliphatic hydroxyl groups is 1. The number of rotatable bonds is 5. The number of pyridine rings is 1. The number of carbonyl (C=O) groups is 2. The molecule has 1 atom stereocenters. The van der Waals surface area contributed by atoms with Gasteiger partial charge in [-0.3, -0.25) is 14.6 Å². The van der Waals surface area contributed by atoms with E-state index in [9.17, 15) is 14.7 Å². The molecule has 2 heterocycles. The predicted octanol–water partition coefficient (Wildman–Crippen LogP) is 2.46. The van der Waals surface area contributed by atoms with Crippen molar-refractivity contribution in [3.63, 3.8) is 0 Å². The summed E-state index contributed by atoms with van der Waals surface area (Å²) in [5.41, 5.74) is 0.436. The van der Waals surface area contributed by atoms with Gasteiger partial charge in [0.2, 0.25) is 0 Å². The Morgan fingerprint density at radius 3 is 2.58 bits per heavy atom. The quantitative estimate of drug-likeness (QED) is 0.678. The van der Waals surface area contributed by atoms with Gasteiger partial charge < -0.3 is 10.0 Å². The molecular weight excluding hydrogens is 304 g/mol. The summed E-state index contributed by atoms with van der Waals surface area (Å²) in [6, 6.07) is 10.1. The lowest BCUT2D eigenvalue weighted by molar-refractivity contribution is -0.135. The van der Waals surface area contributed by atoms with Crippen molar-refractivity contribution in [3.8, 4) is 0 Å². The minimum Gasteiger partial charge on any atom is -0.375 e. The number of benzene rings is 1. The Morgan fingerprint density at radius 1 is 1.25 bits per heavy atom. The lowest BCUT2D eigenvalue weighted by Gasteiger charge is -2.22. The first-order valence-corrected chi connectivity index (χ1v) is 7.65. The van der Waals surface area contributed by atoms with E-state index in [1.165, 1.54) is 17.3 Å². The summed E-state index contributed by atoms with van der Waals surface area (Å²) in [6.45, 7) is 5.95. The van der Waals surface area contributed by atoms with Crippen LogP contribution in [0.3, 0.4) is 0 Å². The van der Waals surface area contributed by atoms with Crippen LogP contribution in [0.4, 0.5) is 5.69 Å². The average molecular weight is 322 g/mol. The maximum absolute atomic E-state index is 12.9. The van der Waals surface area contributed by atoms with Gasteiger partial charge in [-0.1, -0.05) is 30.4 Å². The second-order valence-corrected chi connectivity index (χ2v) is 6.06. The van der Waals surface area contributed by atoms with Gasteiger partial charge in [0.25, 0.3) is 5.91 Å². The maximum atomic E-state index is 12.9. The summed E-state index contributed by atoms with van der Waals surface area (Å²) >= 11 is 0. The lowest BCUT2D eigenvalue weighted by atomic mass is 9.88. The van der Waals surface area contributed by atoms with E-state index in [-0.39, 0.29) is 12.2 Å². The van der Waals surface area contributed by atoms with Gasteiger partial charge >= 0.3 is 0 Å². The number of amides is 1. The minimum absolute atomic E-state index is 0.305. The standard InChI is InChI=1S/C19H18N2O3/c1-13(2)12-21-16-6-4-3-5-15(16)19(24,18(21)23)11-17(22)14-7-9-20-10-8-14/h3-10,24H,1,11-12H2,2H3. The number of fused-ring (bicyclic) bond motifs is 1. The molecule has 2 aromatic rings. The van der Waals surface area contributed by atoms with E-state index < -0.39 is 11.5 Å². The zero-order valence-corrected chi connectivity index (χ0v) is 13.4. The van der Waals surface area contributed by atoms with Crippen molar-refractivity contribution in [2.75, 3.05) is 11.4 Å². The molecule has 1 aliphatic rings. The Labute approximate surface area is 140 Å². The largest absolute Gasteiger partial charge is 0.375 e. The molecule has 0 saturated heterocycles. The molecule has 0 fully saturated rings. The van der Waals surface area contributed by atoms with Crippen molar-refractivity contribution >= 4 is 17.4 Å². The Bertz CT molecular complexity index is 816. The SMILES string of the molecule is C=C(C)CN1C(=O)C(O)(CC(=O)c2ccncc2)c2ccccc21. The molecule has 1 aromatic heterocycles. The predicted molar refractivity (Wildman–Crippen MR) is 90.7 cm³/mol. The second kappa shape index (κ2) is 6.02. The van der Waals surface area contributed by atoms with Crippen LogP contribution in [0.25, 0.3) is 0 Å². The average Bonchev–Trinajstić information content (AvgIpc) is 2.78. The Hall–Kier alpha value is -2.79. The molecule has 3 rings (SSSR count). The highest BCUT2D eigenvalue weighted by atomic mass is 16.3. The van der Waals surface area contributed by atoms with Crippen LogP contribution in [0.1, 0.15) is 29.3 Å². The summed E-state index contributed by atoms with van der Waals surface area (Å²) in [4.78, 5) is 30.7. The first kappa shape index (κ1) is 16.1. The fourth-order valence-electron chi connectivity index (χ4n) is 2.98. The third-order valence-electron chi connectivity index (χ3n) is 4.09. The molecule has 5 heteroatoms. The first-order valence-electron chi connectivity index (χ1n) is 7.65. The summed E-state index contributed by atoms with van der Waals surface area (Å²) in [5, 5.41) is 11.1. The van der Waals surface area contributed by atoms with E-state index in [0.29, 0.717) is 23.4 Å². The van der Waals surface area contributed by atoms with Gasteiger partial charge in [-0.05, 0) is 25.1 Å². The number of carbonyl (C=O) groups excluding carboxylic acids is 2. The molecule has 0 saturated carbocycles. The van der Waals surface area contributed by atoms with Crippen LogP contribution in [-0.4, -0.2) is 28.3 Å². The molecule has 5 nitrogen and oxygen atoms in total. The van der Waals surface area contributed by atoms with Crippen molar-refractivity contribution in [2.24, 2.45) is 0 Å². The van der Waals surface area contributed by atoms with Crippen LogP contribution < -0.4 is 4.90 Å². The van der Waals surface area contributed by atoms with Crippen LogP contribution in [0.15, 0.2) is 60.9 Å². The number of hydrogen-bond donors (Lipinski definition) is 1. The topological polar surface area (TPSA) is 70.5 Å². The van der Waals surface area contributed by atoms with Gasteiger partial charge in [0.1, 0.15) is 0 Å². The highest BCUT2D eigenvalue weighted by Gasteiger charge is 2.50. The summed E-state index contributed by atoms with van der Waals surface area (Å²) < 4.78 is 0. The number of para-hydroxylation sites is 1. The molecule has 0 radical (unpaired) electrons. The first-order chi connectivity index (χ1) is 11.4. The molecule has 1 aromatic carbocycles. The molecule has 1 amide bonds. The van der Waals surface area contributed by atoms with Gasteiger partial charge in [0.15, 0.2) is 11.4 Å². The number of aromatic nitrogens is 1. The maximum Gasteiger partial charge on any atom is 0.264 e. The molecule has 0 bridgehead atoms. The highest BCUT2D eigenvalue weighted by Crippen LogP contribution is 2.42. The fourth-order valence-corrected chi connectivity index (χ4v) is 2.98. The summed E-state index contributed by atoms with van der Waals surface area (Å²) in [7, 11) is 0. The van der Waals surface area contributed by atoms with E-state index in [1.54, 1.807) is 36.4 Å². The normalized spacial score (nSPS) is 19.2. The third kappa shape index (κ3) is 2.63. The van der Waals surface area contributed by atoms with Crippen molar-refractivity contribution in [1.29, 1.82) is 0 Å². The fraction of sp³-hybridized carbons (Fsp3) is 0.211. The molecule has 1 aliphatic heterocycles. The molecular formula is C19H18N2O3. The van der Waals surface area contributed by atoms with Crippen LogP contribution in [0.2, 0.25) is 0 Å². The van der Waals surface area contributed by atoms with Crippen LogP contribution in [-0.2, 0) is 10.4 Å². The lowest BCUT2D eigenvalue weighted by Crippen LogP contribution is -2.42. The van der Waals surface area contributed by atoms with Crippen LogP contribution >= 0.6 is 0 Å². The smallest absolute Gasteiger partial charge is 0.264 e. The molecule has 1 unspecified atom stereocenters. The number of Topliss-reactive ketones (excluding diaryl/α,β-unsaturated/α-hetero) is 1. The molecule has 0 aliphatic carbocycles. The monoisotopic (exact) mass is 322 g/mol. The van der Waals surface area contributed by atoms with Crippen molar-refractivity contribution in [1.82, 2.24) is 4.98 Å². The number of ketones is 1. The van der Waals surface area contributed by atoms with Gasteiger partial charge in [-0.2, -0.15) is 0 Å².